The highest BCUT2D eigenvalue weighted by molar-refractivity contribution is 5.95. The van der Waals surface area contributed by atoms with E-state index >= 15 is 0 Å². The van der Waals surface area contributed by atoms with Crippen molar-refractivity contribution in [2.75, 3.05) is 6.54 Å². The smallest absolute Gasteiger partial charge is 0.417 e. The molecule has 5 nitrogen and oxygen atoms in total. The first kappa shape index (κ1) is 16.9. The van der Waals surface area contributed by atoms with Crippen LogP contribution in [0.2, 0.25) is 0 Å². The molecular formula is C17H19FN2O3. The van der Waals surface area contributed by atoms with Gasteiger partial charge in [-0.1, -0.05) is 6.07 Å². The molecule has 0 N–H and O–H groups in total. The van der Waals surface area contributed by atoms with Crippen molar-refractivity contribution in [1.82, 2.24) is 4.90 Å². The van der Waals surface area contributed by atoms with Crippen LogP contribution in [-0.4, -0.2) is 29.0 Å². The molecule has 0 aromatic heterocycles. The molecule has 0 aliphatic carbocycles. The third-order valence-corrected chi connectivity index (χ3v) is 3.57. The number of hydrogen-bond donors (Lipinski definition) is 0. The average Bonchev–Trinajstić information content (AvgIpc) is 2.79. The zero-order valence-corrected chi connectivity index (χ0v) is 13.4. The molecule has 0 bridgehead atoms. The molecule has 122 valence electrons. The van der Waals surface area contributed by atoms with E-state index < -0.39 is 17.5 Å². The SMILES string of the molecule is CC(C)(C)OC(=O)N1CCC(Cc2ccc(C#N)c(F)c2)C1=O. The number of rotatable bonds is 2. The van der Waals surface area contributed by atoms with Crippen LogP contribution in [0.1, 0.15) is 38.3 Å². The van der Waals surface area contributed by atoms with E-state index in [1.54, 1.807) is 32.9 Å². The molecule has 2 rings (SSSR count). The lowest BCUT2D eigenvalue weighted by molar-refractivity contribution is -0.130. The van der Waals surface area contributed by atoms with Gasteiger partial charge in [0.25, 0.3) is 0 Å². The van der Waals surface area contributed by atoms with Gasteiger partial charge in [0, 0.05) is 12.5 Å². The maximum absolute atomic E-state index is 13.6. The van der Waals surface area contributed by atoms with Crippen LogP contribution in [0.4, 0.5) is 9.18 Å². The lowest BCUT2D eigenvalue weighted by atomic mass is 9.97. The molecule has 1 unspecified atom stereocenters. The largest absolute Gasteiger partial charge is 0.443 e. The molecule has 1 aliphatic rings. The van der Waals surface area contributed by atoms with Crippen molar-refractivity contribution in [2.24, 2.45) is 5.92 Å². The maximum atomic E-state index is 13.6. The van der Waals surface area contributed by atoms with E-state index in [0.717, 1.165) is 4.90 Å². The molecule has 23 heavy (non-hydrogen) atoms. The van der Waals surface area contributed by atoms with Gasteiger partial charge in [0.15, 0.2) is 0 Å². The maximum Gasteiger partial charge on any atom is 0.417 e. The summed E-state index contributed by atoms with van der Waals surface area (Å²) in [7, 11) is 0. The van der Waals surface area contributed by atoms with Gasteiger partial charge in [-0.25, -0.2) is 14.1 Å². The van der Waals surface area contributed by atoms with Gasteiger partial charge in [0.1, 0.15) is 17.5 Å². The number of nitrogens with zero attached hydrogens (tertiary/aromatic N) is 2. The van der Waals surface area contributed by atoms with Crippen LogP contribution >= 0.6 is 0 Å². The fraction of sp³-hybridized carbons (Fsp3) is 0.471. The molecule has 0 radical (unpaired) electrons. The monoisotopic (exact) mass is 318 g/mol. The summed E-state index contributed by atoms with van der Waals surface area (Å²) in [6.07, 6.45) is 0.205. The van der Waals surface area contributed by atoms with Crippen LogP contribution in [-0.2, 0) is 16.0 Å². The highest BCUT2D eigenvalue weighted by atomic mass is 19.1. The molecule has 6 heteroatoms. The fourth-order valence-electron chi connectivity index (χ4n) is 2.49. The Labute approximate surface area is 134 Å². The number of nitriles is 1. The Kier molecular flexibility index (Phi) is 4.69. The highest BCUT2D eigenvalue weighted by Gasteiger charge is 2.37. The van der Waals surface area contributed by atoms with Crippen molar-refractivity contribution in [1.29, 1.82) is 5.26 Å². The molecule has 1 saturated heterocycles. The lowest BCUT2D eigenvalue weighted by Crippen LogP contribution is -2.38. The van der Waals surface area contributed by atoms with Gasteiger partial charge < -0.3 is 4.74 Å². The van der Waals surface area contributed by atoms with E-state index in [1.807, 2.05) is 0 Å². The fourth-order valence-corrected chi connectivity index (χ4v) is 2.49. The van der Waals surface area contributed by atoms with Gasteiger partial charge in [-0.2, -0.15) is 5.26 Å². The van der Waals surface area contributed by atoms with Gasteiger partial charge in [-0.15, -0.1) is 0 Å². The summed E-state index contributed by atoms with van der Waals surface area (Å²) in [5.41, 5.74) is -0.0566. The quantitative estimate of drug-likeness (QED) is 0.840. The standard InChI is InChI=1S/C17H19FN2O3/c1-17(2,3)23-16(22)20-7-6-12(15(20)21)8-11-4-5-13(10-19)14(18)9-11/h4-5,9,12H,6-8H2,1-3H3. The Hall–Kier alpha value is -2.42. The Morgan fingerprint density at radius 2 is 2.17 bits per heavy atom. The first-order valence-corrected chi connectivity index (χ1v) is 7.44. The molecule has 1 atom stereocenters. The highest BCUT2D eigenvalue weighted by Crippen LogP contribution is 2.25. The van der Waals surface area contributed by atoms with Gasteiger partial charge >= 0.3 is 6.09 Å². The molecule has 1 aliphatic heterocycles. The van der Waals surface area contributed by atoms with Crippen molar-refractivity contribution in [2.45, 2.75) is 39.2 Å². The molecule has 1 aromatic carbocycles. The Balaban J connectivity index is 2.04. The summed E-state index contributed by atoms with van der Waals surface area (Å²) in [4.78, 5) is 25.4. The summed E-state index contributed by atoms with van der Waals surface area (Å²) in [5.74, 6) is -1.28. The van der Waals surface area contributed by atoms with Gasteiger partial charge in [-0.05, 0) is 51.3 Å². The molecular weight excluding hydrogens is 299 g/mol. The minimum absolute atomic E-state index is 0.0260. The van der Waals surface area contributed by atoms with Gasteiger partial charge in [0.05, 0.1) is 5.56 Å². The Morgan fingerprint density at radius 3 is 2.74 bits per heavy atom. The minimum Gasteiger partial charge on any atom is -0.443 e. The lowest BCUT2D eigenvalue weighted by Gasteiger charge is -2.23. The Bertz CT molecular complexity index is 673. The van der Waals surface area contributed by atoms with Crippen molar-refractivity contribution >= 4 is 12.0 Å². The second-order valence-electron chi connectivity index (χ2n) is 6.59. The number of likely N-dealkylation sites (tertiary alicyclic amines) is 1. The topological polar surface area (TPSA) is 70.4 Å². The van der Waals surface area contributed by atoms with Crippen LogP contribution in [0, 0.1) is 23.1 Å². The van der Waals surface area contributed by atoms with Crippen LogP contribution in [0.15, 0.2) is 18.2 Å². The normalized spacial score (nSPS) is 18.0. The third kappa shape index (κ3) is 4.07. The second-order valence-corrected chi connectivity index (χ2v) is 6.59. The second kappa shape index (κ2) is 6.37. The van der Waals surface area contributed by atoms with Crippen LogP contribution in [0.3, 0.4) is 0 Å². The molecule has 1 aromatic rings. The van der Waals surface area contributed by atoms with Crippen molar-refractivity contribution < 1.29 is 18.7 Å². The first-order valence-electron chi connectivity index (χ1n) is 7.44. The van der Waals surface area contributed by atoms with Crippen molar-refractivity contribution in [3.05, 3.63) is 35.1 Å². The molecule has 0 spiro atoms. The van der Waals surface area contributed by atoms with E-state index in [2.05, 4.69) is 0 Å². The summed E-state index contributed by atoms with van der Waals surface area (Å²) < 4.78 is 18.8. The zero-order chi connectivity index (χ0) is 17.2. The van der Waals surface area contributed by atoms with Crippen molar-refractivity contribution in [3.8, 4) is 6.07 Å². The Morgan fingerprint density at radius 1 is 1.48 bits per heavy atom. The number of carbonyl (C=O) groups is 2. The average molecular weight is 318 g/mol. The molecule has 0 saturated carbocycles. The van der Waals surface area contributed by atoms with Crippen LogP contribution in [0.25, 0.3) is 0 Å². The van der Waals surface area contributed by atoms with Crippen LogP contribution in [0.5, 0.6) is 0 Å². The third-order valence-electron chi connectivity index (χ3n) is 3.57. The van der Waals surface area contributed by atoms with Crippen molar-refractivity contribution in [3.63, 3.8) is 0 Å². The summed E-state index contributed by atoms with van der Waals surface area (Å²) in [6, 6.07) is 6.05. The van der Waals surface area contributed by atoms with E-state index in [0.29, 0.717) is 24.9 Å². The minimum atomic E-state index is -0.661. The summed E-state index contributed by atoms with van der Waals surface area (Å²) >= 11 is 0. The summed E-state index contributed by atoms with van der Waals surface area (Å²) in [5, 5.41) is 8.72. The predicted octanol–water partition coefficient (Wildman–Crippen LogP) is 3.02. The number of imide groups is 1. The number of halogens is 1. The first-order chi connectivity index (χ1) is 10.7. The molecule has 2 amide bonds. The number of hydrogen-bond acceptors (Lipinski definition) is 4. The molecule has 1 fully saturated rings. The summed E-state index contributed by atoms with van der Waals surface area (Å²) in [6.45, 7) is 5.52. The number of amides is 2. The molecule has 1 heterocycles. The zero-order valence-electron chi connectivity index (χ0n) is 13.4. The van der Waals surface area contributed by atoms with E-state index in [1.165, 1.54) is 12.1 Å². The van der Waals surface area contributed by atoms with Crippen LogP contribution < -0.4 is 0 Å². The van der Waals surface area contributed by atoms with E-state index in [4.69, 9.17) is 10.00 Å². The van der Waals surface area contributed by atoms with E-state index in [-0.39, 0.29) is 17.4 Å². The number of carbonyl (C=O) groups excluding carboxylic acids is 2. The number of benzene rings is 1. The van der Waals surface area contributed by atoms with Gasteiger partial charge in [-0.3, -0.25) is 4.79 Å². The van der Waals surface area contributed by atoms with E-state index in [9.17, 15) is 14.0 Å². The van der Waals surface area contributed by atoms with Gasteiger partial charge in [0.2, 0.25) is 5.91 Å². The number of ether oxygens (including phenoxy) is 1. The predicted molar refractivity (Wildman–Crippen MR) is 80.9 cm³/mol.